The first-order chi connectivity index (χ1) is 15.0. The smallest absolute Gasteiger partial charge is 0.254 e. The summed E-state index contributed by atoms with van der Waals surface area (Å²) in [6.07, 6.45) is 1.34. The summed E-state index contributed by atoms with van der Waals surface area (Å²) in [5.41, 5.74) is 9.06. The fourth-order valence-electron chi connectivity index (χ4n) is 3.80. The normalized spacial score (nSPS) is 14.3. The highest BCUT2D eigenvalue weighted by molar-refractivity contribution is 6.15. The highest BCUT2D eigenvalue weighted by Gasteiger charge is 2.21. The third kappa shape index (κ3) is 3.38. The molecule has 1 aliphatic heterocycles. The number of nitrogens with zero attached hydrogens (tertiary/aromatic N) is 3. The van der Waals surface area contributed by atoms with Crippen LogP contribution in [0.15, 0.2) is 42.6 Å². The van der Waals surface area contributed by atoms with Crippen molar-refractivity contribution >= 4 is 33.8 Å². The van der Waals surface area contributed by atoms with Gasteiger partial charge in [0.05, 0.1) is 35.5 Å². The molecule has 1 saturated heterocycles. The summed E-state index contributed by atoms with van der Waals surface area (Å²) >= 11 is 0. The molecule has 3 aromatic heterocycles. The first-order valence-corrected chi connectivity index (χ1v) is 9.76. The van der Waals surface area contributed by atoms with E-state index in [4.69, 9.17) is 10.5 Å². The van der Waals surface area contributed by atoms with E-state index in [2.05, 4.69) is 15.0 Å². The van der Waals surface area contributed by atoms with E-state index in [1.54, 1.807) is 29.2 Å². The van der Waals surface area contributed by atoms with Gasteiger partial charge >= 0.3 is 0 Å². The molecule has 8 nitrogen and oxygen atoms in total. The van der Waals surface area contributed by atoms with E-state index in [1.807, 2.05) is 0 Å². The lowest BCUT2D eigenvalue weighted by molar-refractivity contribution is 0.0303. The number of ether oxygens (including phenoxy) is 1. The number of carbonyl (C=O) groups excluding carboxylic acids is 2. The molecule has 1 aliphatic rings. The van der Waals surface area contributed by atoms with Gasteiger partial charge in [0.2, 0.25) is 5.95 Å². The van der Waals surface area contributed by atoms with E-state index >= 15 is 0 Å². The second kappa shape index (κ2) is 7.44. The van der Waals surface area contributed by atoms with Crippen molar-refractivity contribution in [1.82, 2.24) is 19.9 Å². The Bertz CT molecular complexity index is 1330. The van der Waals surface area contributed by atoms with Gasteiger partial charge in [-0.3, -0.25) is 9.59 Å². The number of carbonyl (C=O) groups is 2. The number of H-pyrrole nitrogens is 1. The molecule has 1 fully saturated rings. The summed E-state index contributed by atoms with van der Waals surface area (Å²) in [4.78, 5) is 38.3. The predicted molar refractivity (Wildman–Crippen MR) is 112 cm³/mol. The van der Waals surface area contributed by atoms with Gasteiger partial charge in [-0.1, -0.05) is 0 Å². The number of pyridine rings is 2. The topological polar surface area (TPSA) is 114 Å². The van der Waals surface area contributed by atoms with E-state index in [1.165, 1.54) is 18.3 Å². The lowest BCUT2D eigenvalue weighted by atomic mass is 10.1. The third-order valence-corrected chi connectivity index (χ3v) is 5.39. The van der Waals surface area contributed by atoms with Crippen LogP contribution in [0.4, 0.5) is 4.39 Å². The molecule has 31 heavy (non-hydrogen) atoms. The molecule has 0 unspecified atom stereocenters. The Labute approximate surface area is 175 Å². The lowest BCUT2D eigenvalue weighted by Gasteiger charge is -2.26. The van der Waals surface area contributed by atoms with Gasteiger partial charge in [0, 0.05) is 41.3 Å². The van der Waals surface area contributed by atoms with Gasteiger partial charge in [-0.25, -0.2) is 9.97 Å². The summed E-state index contributed by atoms with van der Waals surface area (Å²) in [5.74, 6) is -1.33. The average molecular weight is 419 g/mol. The number of nitrogens with two attached hydrogens (primary N) is 1. The number of amides is 2. The van der Waals surface area contributed by atoms with Crippen LogP contribution in [0, 0.1) is 5.95 Å². The molecule has 0 saturated carbocycles. The van der Waals surface area contributed by atoms with Crippen molar-refractivity contribution in [2.24, 2.45) is 5.73 Å². The van der Waals surface area contributed by atoms with Crippen LogP contribution in [-0.2, 0) is 4.74 Å². The first-order valence-electron chi connectivity index (χ1n) is 9.76. The van der Waals surface area contributed by atoms with E-state index in [-0.39, 0.29) is 11.5 Å². The van der Waals surface area contributed by atoms with Crippen LogP contribution >= 0.6 is 0 Å². The van der Waals surface area contributed by atoms with Gasteiger partial charge in [0.25, 0.3) is 11.8 Å². The molecule has 5 rings (SSSR count). The fourth-order valence-corrected chi connectivity index (χ4v) is 3.80. The van der Waals surface area contributed by atoms with Crippen molar-refractivity contribution < 1.29 is 18.7 Å². The molecular formula is C22H18FN5O3. The molecule has 4 heterocycles. The number of benzene rings is 1. The molecule has 0 atom stereocenters. The van der Waals surface area contributed by atoms with E-state index in [0.717, 1.165) is 5.52 Å². The van der Waals surface area contributed by atoms with Crippen molar-refractivity contribution in [2.75, 3.05) is 26.3 Å². The number of fused-ring (bicyclic) bond motifs is 3. The molecule has 4 aromatic rings. The summed E-state index contributed by atoms with van der Waals surface area (Å²) < 4.78 is 18.6. The highest BCUT2D eigenvalue weighted by Crippen LogP contribution is 2.31. The molecule has 0 radical (unpaired) electrons. The standard InChI is InChI=1S/C22H18FN5O3/c23-18-4-2-13(11-25-18)17-10-15(21(24)29)20-19(27-17)14-9-12(1-3-16(14)26-20)22(30)28-5-7-31-8-6-28/h1-4,9-11,26H,5-8H2,(H2,24,29). The monoisotopic (exact) mass is 419 g/mol. The SMILES string of the molecule is NC(=O)c1cc(-c2ccc(F)nc2)nc2c1[nH]c1ccc(C(=O)N3CCOCC3)cc12. The maximum absolute atomic E-state index is 13.2. The Morgan fingerprint density at radius 3 is 2.65 bits per heavy atom. The summed E-state index contributed by atoms with van der Waals surface area (Å²) in [5, 5.41) is 0.688. The van der Waals surface area contributed by atoms with Crippen molar-refractivity contribution in [2.45, 2.75) is 0 Å². The minimum absolute atomic E-state index is 0.0893. The maximum Gasteiger partial charge on any atom is 0.254 e. The molecule has 0 spiro atoms. The fraction of sp³-hybridized carbons (Fsp3) is 0.182. The van der Waals surface area contributed by atoms with Crippen LogP contribution in [0.25, 0.3) is 33.2 Å². The largest absolute Gasteiger partial charge is 0.378 e. The Kier molecular flexibility index (Phi) is 4.59. The lowest BCUT2D eigenvalue weighted by Crippen LogP contribution is -2.40. The van der Waals surface area contributed by atoms with Gasteiger partial charge in [0.15, 0.2) is 0 Å². The van der Waals surface area contributed by atoms with Crippen LogP contribution in [0.1, 0.15) is 20.7 Å². The number of rotatable bonds is 3. The summed E-state index contributed by atoms with van der Waals surface area (Å²) in [6, 6.07) is 9.59. The van der Waals surface area contributed by atoms with Crippen molar-refractivity contribution in [3.05, 3.63) is 59.7 Å². The minimum atomic E-state index is -0.625. The zero-order chi connectivity index (χ0) is 21.5. The van der Waals surface area contributed by atoms with Crippen LogP contribution in [0.3, 0.4) is 0 Å². The number of hydrogen-bond donors (Lipinski definition) is 2. The molecular weight excluding hydrogens is 401 g/mol. The van der Waals surface area contributed by atoms with Crippen LogP contribution < -0.4 is 5.73 Å². The number of nitrogens with one attached hydrogen (secondary N) is 1. The van der Waals surface area contributed by atoms with E-state index < -0.39 is 11.9 Å². The molecule has 2 amide bonds. The average Bonchev–Trinajstić information content (AvgIpc) is 3.16. The Balaban J connectivity index is 1.68. The van der Waals surface area contributed by atoms with E-state index in [0.29, 0.717) is 59.5 Å². The second-order valence-electron chi connectivity index (χ2n) is 7.30. The van der Waals surface area contributed by atoms with Gasteiger partial charge in [-0.15, -0.1) is 0 Å². The maximum atomic E-state index is 13.2. The van der Waals surface area contributed by atoms with Crippen LogP contribution in [0.5, 0.6) is 0 Å². The second-order valence-corrected chi connectivity index (χ2v) is 7.30. The highest BCUT2D eigenvalue weighted by atomic mass is 19.1. The summed E-state index contributed by atoms with van der Waals surface area (Å²) in [6.45, 7) is 2.10. The molecule has 1 aromatic carbocycles. The van der Waals surface area contributed by atoms with Gasteiger partial charge in [-0.05, 0) is 36.4 Å². The van der Waals surface area contributed by atoms with E-state index in [9.17, 15) is 14.0 Å². The molecule has 9 heteroatoms. The number of aromatic nitrogens is 3. The number of hydrogen-bond acceptors (Lipinski definition) is 5. The molecule has 0 aliphatic carbocycles. The number of primary amides is 1. The first kappa shape index (κ1) is 19.1. The number of aromatic amines is 1. The predicted octanol–water partition coefficient (Wildman–Crippen LogP) is 2.49. The van der Waals surface area contributed by atoms with Crippen LogP contribution in [-0.4, -0.2) is 58.0 Å². The van der Waals surface area contributed by atoms with Crippen molar-refractivity contribution in [1.29, 1.82) is 0 Å². The zero-order valence-corrected chi connectivity index (χ0v) is 16.4. The Morgan fingerprint density at radius 1 is 1.13 bits per heavy atom. The van der Waals surface area contributed by atoms with Gasteiger partial charge < -0.3 is 20.4 Å². The van der Waals surface area contributed by atoms with Crippen LogP contribution in [0.2, 0.25) is 0 Å². The summed E-state index contributed by atoms with van der Waals surface area (Å²) in [7, 11) is 0. The van der Waals surface area contributed by atoms with Gasteiger partial charge in [0.1, 0.15) is 0 Å². The molecule has 3 N–H and O–H groups in total. The van der Waals surface area contributed by atoms with Gasteiger partial charge in [-0.2, -0.15) is 4.39 Å². The number of morpholine rings is 1. The molecule has 0 bridgehead atoms. The molecule has 156 valence electrons. The minimum Gasteiger partial charge on any atom is -0.378 e. The quantitative estimate of drug-likeness (QED) is 0.495. The zero-order valence-electron chi connectivity index (χ0n) is 16.4. The Morgan fingerprint density at radius 2 is 1.94 bits per heavy atom. The van der Waals surface area contributed by atoms with Crippen molar-refractivity contribution in [3.63, 3.8) is 0 Å². The van der Waals surface area contributed by atoms with Crippen molar-refractivity contribution in [3.8, 4) is 11.3 Å². The Hall–Kier alpha value is -3.85. The third-order valence-electron chi connectivity index (χ3n) is 5.39. The number of halogens is 1.